The molecule has 2 heterocycles. The van der Waals surface area contributed by atoms with Gasteiger partial charge in [-0.15, -0.1) is 11.3 Å². The fraction of sp³-hybridized carbons (Fsp3) is 0.800. The van der Waals surface area contributed by atoms with E-state index in [9.17, 15) is 0 Å². The molecule has 0 spiro atoms. The van der Waals surface area contributed by atoms with Crippen LogP contribution in [0, 0.1) is 5.92 Å². The molecule has 1 aromatic heterocycles. The standard InChI is InChI=1S/C15H26N2O2S/c1-12(2)7-16-8-15-17-13(11-20-15)9-18-10-14-5-3-4-6-19-14/h11-12,14,16H,3-10H2,1-2H3. The predicted molar refractivity (Wildman–Crippen MR) is 81.9 cm³/mol. The van der Waals surface area contributed by atoms with Gasteiger partial charge in [0, 0.05) is 18.5 Å². The normalized spacial score (nSPS) is 19.6. The van der Waals surface area contributed by atoms with Gasteiger partial charge in [-0.3, -0.25) is 0 Å². The Morgan fingerprint density at radius 3 is 3.15 bits per heavy atom. The second-order valence-electron chi connectivity index (χ2n) is 5.76. The van der Waals surface area contributed by atoms with Crippen molar-refractivity contribution in [3.05, 3.63) is 16.1 Å². The minimum atomic E-state index is 0.287. The molecular weight excluding hydrogens is 272 g/mol. The molecule has 2 rings (SSSR count). The molecule has 1 aliphatic heterocycles. The Morgan fingerprint density at radius 2 is 2.40 bits per heavy atom. The summed E-state index contributed by atoms with van der Waals surface area (Å²) >= 11 is 1.70. The summed E-state index contributed by atoms with van der Waals surface area (Å²) in [5.41, 5.74) is 1.03. The van der Waals surface area contributed by atoms with Gasteiger partial charge in [-0.25, -0.2) is 4.98 Å². The quantitative estimate of drug-likeness (QED) is 0.801. The van der Waals surface area contributed by atoms with Gasteiger partial charge in [0.2, 0.25) is 0 Å². The highest BCUT2D eigenvalue weighted by Gasteiger charge is 2.14. The minimum Gasteiger partial charge on any atom is -0.376 e. The lowest BCUT2D eigenvalue weighted by molar-refractivity contribution is -0.0452. The molecule has 0 aromatic carbocycles. The third-order valence-electron chi connectivity index (χ3n) is 3.26. The Balaban J connectivity index is 1.62. The van der Waals surface area contributed by atoms with Gasteiger partial charge in [-0.05, 0) is 31.7 Å². The van der Waals surface area contributed by atoms with E-state index in [-0.39, 0.29) is 6.10 Å². The maximum absolute atomic E-state index is 5.71. The lowest BCUT2D eigenvalue weighted by Crippen LogP contribution is -2.24. The van der Waals surface area contributed by atoms with Gasteiger partial charge in [0.05, 0.1) is 25.0 Å². The summed E-state index contributed by atoms with van der Waals surface area (Å²) in [6.07, 6.45) is 3.86. The molecule has 1 fully saturated rings. The third kappa shape index (κ3) is 5.87. The fourth-order valence-corrected chi connectivity index (χ4v) is 2.95. The number of thiazole rings is 1. The highest BCUT2D eigenvalue weighted by atomic mass is 32.1. The van der Waals surface area contributed by atoms with Gasteiger partial charge in [0.1, 0.15) is 5.01 Å². The van der Waals surface area contributed by atoms with Crippen LogP contribution in [-0.4, -0.2) is 30.8 Å². The minimum absolute atomic E-state index is 0.287. The molecule has 1 N–H and O–H groups in total. The molecule has 1 aliphatic rings. The summed E-state index contributed by atoms with van der Waals surface area (Å²) in [7, 11) is 0. The number of rotatable bonds is 8. The van der Waals surface area contributed by atoms with Crippen LogP contribution in [0.15, 0.2) is 5.38 Å². The van der Waals surface area contributed by atoms with Crippen molar-refractivity contribution in [2.45, 2.75) is 52.4 Å². The SMILES string of the molecule is CC(C)CNCc1nc(COCC2CCCCO2)cs1. The van der Waals surface area contributed by atoms with Crippen LogP contribution in [-0.2, 0) is 22.6 Å². The zero-order valence-corrected chi connectivity index (χ0v) is 13.4. The molecule has 4 nitrogen and oxygen atoms in total. The number of nitrogens with zero attached hydrogens (tertiary/aromatic N) is 1. The first-order valence-corrected chi connectivity index (χ1v) is 8.45. The van der Waals surface area contributed by atoms with E-state index >= 15 is 0 Å². The van der Waals surface area contributed by atoms with Crippen molar-refractivity contribution in [2.75, 3.05) is 19.8 Å². The van der Waals surface area contributed by atoms with E-state index < -0.39 is 0 Å². The smallest absolute Gasteiger partial charge is 0.107 e. The lowest BCUT2D eigenvalue weighted by atomic mass is 10.1. The Kier molecular flexibility index (Phi) is 6.93. The van der Waals surface area contributed by atoms with Crippen molar-refractivity contribution in [3.8, 4) is 0 Å². The van der Waals surface area contributed by atoms with E-state index in [1.54, 1.807) is 11.3 Å². The van der Waals surface area contributed by atoms with E-state index in [2.05, 4.69) is 29.5 Å². The number of aromatic nitrogens is 1. The van der Waals surface area contributed by atoms with Gasteiger partial charge >= 0.3 is 0 Å². The van der Waals surface area contributed by atoms with Crippen LogP contribution >= 0.6 is 11.3 Å². The van der Waals surface area contributed by atoms with Crippen molar-refractivity contribution >= 4 is 11.3 Å². The molecule has 1 atom stereocenters. The molecule has 20 heavy (non-hydrogen) atoms. The van der Waals surface area contributed by atoms with Crippen LogP contribution in [0.3, 0.4) is 0 Å². The maximum Gasteiger partial charge on any atom is 0.107 e. The molecule has 1 aromatic rings. The molecule has 0 bridgehead atoms. The summed E-state index contributed by atoms with van der Waals surface area (Å²) in [4.78, 5) is 4.58. The number of ether oxygens (including phenoxy) is 2. The second kappa shape index (κ2) is 8.72. The highest BCUT2D eigenvalue weighted by molar-refractivity contribution is 7.09. The average Bonchev–Trinajstić information content (AvgIpc) is 2.87. The zero-order chi connectivity index (χ0) is 14.2. The Labute approximate surface area is 125 Å². The lowest BCUT2D eigenvalue weighted by Gasteiger charge is -2.22. The third-order valence-corrected chi connectivity index (χ3v) is 4.15. The largest absolute Gasteiger partial charge is 0.376 e. The molecule has 0 amide bonds. The Bertz CT molecular complexity index is 376. The topological polar surface area (TPSA) is 43.4 Å². The van der Waals surface area contributed by atoms with Gasteiger partial charge in [-0.2, -0.15) is 0 Å². The van der Waals surface area contributed by atoms with Crippen LogP contribution in [0.25, 0.3) is 0 Å². The van der Waals surface area contributed by atoms with Crippen LogP contribution in [0.1, 0.15) is 43.8 Å². The Hall–Kier alpha value is -0.490. The van der Waals surface area contributed by atoms with Crippen molar-refractivity contribution < 1.29 is 9.47 Å². The summed E-state index contributed by atoms with van der Waals surface area (Å²) in [5, 5.41) is 6.64. The molecule has 1 saturated heterocycles. The van der Waals surface area contributed by atoms with Crippen LogP contribution in [0.4, 0.5) is 0 Å². The summed E-state index contributed by atoms with van der Waals surface area (Å²) in [6, 6.07) is 0. The van der Waals surface area contributed by atoms with E-state index in [4.69, 9.17) is 9.47 Å². The number of hydrogen-bond donors (Lipinski definition) is 1. The second-order valence-corrected chi connectivity index (χ2v) is 6.70. The van der Waals surface area contributed by atoms with Crippen molar-refractivity contribution in [2.24, 2.45) is 5.92 Å². The monoisotopic (exact) mass is 298 g/mol. The van der Waals surface area contributed by atoms with Crippen molar-refractivity contribution in [1.82, 2.24) is 10.3 Å². The molecule has 0 aliphatic carbocycles. The van der Waals surface area contributed by atoms with E-state index in [1.807, 2.05) is 0 Å². The van der Waals surface area contributed by atoms with E-state index in [0.29, 0.717) is 19.1 Å². The molecule has 0 saturated carbocycles. The number of nitrogens with one attached hydrogen (secondary N) is 1. The molecule has 5 heteroatoms. The summed E-state index contributed by atoms with van der Waals surface area (Å²) in [6.45, 7) is 8.48. The van der Waals surface area contributed by atoms with Gasteiger partial charge in [0.25, 0.3) is 0 Å². The first kappa shape index (κ1) is 15.9. The van der Waals surface area contributed by atoms with Crippen LogP contribution < -0.4 is 5.32 Å². The molecular formula is C15H26N2O2S. The number of hydrogen-bond acceptors (Lipinski definition) is 5. The first-order valence-electron chi connectivity index (χ1n) is 7.57. The first-order chi connectivity index (χ1) is 9.74. The van der Waals surface area contributed by atoms with Crippen LogP contribution in [0.5, 0.6) is 0 Å². The highest BCUT2D eigenvalue weighted by Crippen LogP contribution is 2.14. The Morgan fingerprint density at radius 1 is 1.50 bits per heavy atom. The zero-order valence-electron chi connectivity index (χ0n) is 12.6. The molecule has 114 valence electrons. The van der Waals surface area contributed by atoms with Gasteiger partial charge in [-0.1, -0.05) is 13.8 Å². The average molecular weight is 298 g/mol. The van der Waals surface area contributed by atoms with Crippen molar-refractivity contribution in [3.63, 3.8) is 0 Å². The fourth-order valence-electron chi connectivity index (χ4n) is 2.20. The van der Waals surface area contributed by atoms with E-state index in [0.717, 1.165) is 36.8 Å². The molecule has 0 radical (unpaired) electrons. The molecule has 1 unspecified atom stereocenters. The predicted octanol–water partition coefficient (Wildman–Crippen LogP) is 2.97. The summed E-state index contributed by atoms with van der Waals surface area (Å²) in [5.74, 6) is 0.674. The summed E-state index contributed by atoms with van der Waals surface area (Å²) < 4.78 is 11.4. The van der Waals surface area contributed by atoms with E-state index in [1.165, 1.54) is 12.8 Å². The van der Waals surface area contributed by atoms with Gasteiger partial charge in [0.15, 0.2) is 0 Å². The maximum atomic E-state index is 5.71. The van der Waals surface area contributed by atoms with Crippen LogP contribution in [0.2, 0.25) is 0 Å². The van der Waals surface area contributed by atoms with Crippen molar-refractivity contribution in [1.29, 1.82) is 0 Å². The van der Waals surface area contributed by atoms with Gasteiger partial charge < -0.3 is 14.8 Å².